The van der Waals surface area contributed by atoms with Gasteiger partial charge in [-0.1, -0.05) is 32.0 Å². The van der Waals surface area contributed by atoms with E-state index in [1.54, 1.807) is 27.7 Å². The number of rotatable bonds is 14. The number of aromatic nitrogens is 2. The van der Waals surface area contributed by atoms with E-state index in [0.29, 0.717) is 44.6 Å². The number of hydrogen-bond acceptors (Lipinski definition) is 9. The van der Waals surface area contributed by atoms with Crippen molar-refractivity contribution in [2.75, 3.05) is 13.1 Å². The van der Waals surface area contributed by atoms with Crippen LogP contribution in [0.4, 0.5) is 4.79 Å². The number of alkyl carbamates (subject to hydrolysis) is 1. The van der Waals surface area contributed by atoms with E-state index in [1.165, 1.54) is 0 Å². The molecule has 0 saturated carbocycles. The van der Waals surface area contributed by atoms with Gasteiger partial charge in [0.05, 0.1) is 17.9 Å². The first-order valence-electron chi connectivity index (χ1n) is 17.6. The molecule has 1 amide bonds. The van der Waals surface area contributed by atoms with Gasteiger partial charge in [-0.05, 0) is 108 Å². The van der Waals surface area contributed by atoms with Crippen LogP contribution in [0.15, 0.2) is 35.7 Å². The van der Waals surface area contributed by atoms with Crippen molar-refractivity contribution < 1.29 is 37.7 Å². The lowest BCUT2D eigenvalue weighted by molar-refractivity contribution is -0.775. The molecule has 1 aromatic heterocycles. The van der Waals surface area contributed by atoms with Crippen LogP contribution >= 0.6 is 0 Å². The highest BCUT2D eigenvalue weighted by Gasteiger charge is 2.48. The van der Waals surface area contributed by atoms with Crippen LogP contribution in [0.1, 0.15) is 87.6 Å². The Labute approximate surface area is 304 Å². The number of hydrogen-bond donors (Lipinski definition) is 2. The second kappa shape index (κ2) is 16.4. The number of nitrogens with two attached hydrogens (primary N) is 1. The fourth-order valence-corrected chi connectivity index (χ4v) is 6.74. The summed E-state index contributed by atoms with van der Waals surface area (Å²) in [6.45, 7) is 25.1. The van der Waals surface area contributed by atoms with Crippen molar-refractivity contribution >= 4 is 20.4 Å². The lowest BCUT2D eigenvalue weighted by Gasteiger charge is -2.39. The molecule has 3 rings (SSSR count). The van der Waals surface area contributed by atoms with Gasteiger partial charge < -0.3 is 24.0 Å². The molecule has 1 aromatic carbocycles. The summed E-state index contributed by atoms with van der Waals surface area (Å²) in [5.74, 6) is 5.72. The lowest BCUT2D eigenvalue weighted by atomic mass is 9.89. The third kappa shape index (κ3) is 11.7. The second-order valence-corrected chi connectivity index (χ2v) is 21.6. The predicted octanol–water partition coefficient (Wildman–Crippen LogP) is 6.74. The molecule has 2 heterocycles. The Kier molecular flexibility index (Phi) is 13.4. The number of nitrogens with one attached hydrogen (secondary N) is 1. The Hall–Kier alpha value is -3.62. The zero-order valence-corrected chi connectivity index (χ0v) is 33.7. The van der Waals surface area contributed by atoms with Crippen LogP contribution in [0.3, 0.4) is 0 Å². The first kappa shape index (κ1) is 41.8. The molecular formula is C36H60N7O7Si+. The van der Waals surface area contributed by atoms with Crippen molar-refractivity contribution in [3.8, 4) is 16.9 Å². The van der Waals surface area contributed by atoms with Gasteiger partial charge in [-0.15, -0.1) is 4.68 Å². The number of aryl methyl sites for hydroxylation is 2. The standard InChI is InChI=1S/C36H59N7O7Si/c1-33(2,3)47-31(44)36(10,50-38)30-17-15-26-20-25(14-16-29(26)46-30)27-22-42(19-13-18-40-41-37)43(23-27)24-28(49-51(11,12)35(7,8)9)21-39-32(45)48-34(4,5)6/h14,16,20,22-23,28,30H,13,15,17-19,21,24,38H2,1-12H3/p+1/t28?,30-,36?/m1/s1. The van der Waals surface area contributed by atoms with E-state index in [4.69, 9.17) is 34.9 Å². The van der Waals surface area contributed by atoms with E-state index < -0.39 is 43.3 Å². The SMILES string of the molecule is CC(C)(C)OC(=O)NCC(Cn1cc(-c2ccc3c(c2)CC[C@H](C(C)(ON)C(=O)OC(C)(C)C)O3)c[n+]1CCCN=[N+]=[N-])O[Si](C)(C)C(C)(C)C. The van der Waals surface area contributed by atoms with Crippen LogP contribution in [-0.4, -0.2) is 67.2 Å². The summed E-state index contributed by atoms with van der Waals surface area (Å²) in [6, 6.07) is 5.98. The van der Waals surface area contributed by atoms with Crippen LogP contribution in [0.2, 0.25) is 18.1 Å². The van der Waals surface area contributed by atoms with E-state index in [0.717, 1.165) is 16.7 Å². The molecule has 3 N–H and O–H groups in total. The molecule has 0 radical (unpaired) electrons. The summed E-state index contributed by atoms with van der Waals surface area (Å²) in [6.07, 6.45) is 4.44. The first-order chi connectivity index (χ1) is 23.5. The van der Waals surface area contributed by atoms with Gasteiger partial charge in [0.25, 0.3) is 0 Å². The van der Waals surface area contributed by atoms with Crippen molar-refractivity contribution in [1.29, 1.82) is 0 Å². The van der Waals surface area contributed by atoms with Crippen molar-refractivity contribution in [2.45, 2.75) is 149 Å². The molecule has 15 heteroatoms. The summed E-state index contributed by atoms with van der Waals surface area (Å²) >= 11 is 0. The fourth-order valence-electron chi connectivity index (χ4n) is 5.40. The third-order valence-electron chi connectivity index (χ3n) is 9.15. The summed E-state index contributed by atoms with van der Waals surface area (Å²) in [5, 5.41) is 6.59. The Balaban J connectivity index is 1.93. The molecule has 14 nitrogen and oxygen atoms in total. The molecule has 2 aromatic rings. The number of esters is 1. The maximum Gasteiger partial charge on any atom is 0.407 e. The van der Waals surface area contributed by atoms with Crippen LogP contribution < -0.4 is 20.6 Å². The van der Waals surface area contributed by atoms with Crippen LogP contribution in [0.5, 0.6) is 5.75 Å². The van der Waals surface area contributed by atoms with Crippen LogP contribution in [-0.2, 0) is 43.0 Å². The fraction of sp³-hybridized carbons (Fsp3) is 0.694. The van der Waals surface area contributed by atoms with Crippen molar-refractivity contribution in [3.05, 3.63) is 46.6 Å². The number of azide groups is 1. The Morgan fingerprint density at radius 3 is 2.35 bits per heavy atom. The van der Waals surface area contributed by atoms with Gasteiger partial charge in [0.2, 0.25) is 11.8 Å². The van der Waals surface area contributed by atoms with E-state index >= 15 is 0 Å². The molecule has 3 atom stereocenters. The van der Waals surface area contributed by atoms with Crippen LogP contribution in [0, 0.1) is 0 Å². The molecule has 1 aliphatic rings. The van der Waals surface area contributed by atoms with Gasteiger partial charge in [-0.2, -0.15) is 4.68 Å². The number of carbonyl (C=O) groups excluding carboxylic acids is 2. The highest BCUT2D eigenvalue weighted by molar-refractivity contribution is 6.74. The molecule has 0 bridgehead atoms. The van der Waals surface area contributed by atoms with Gasteiger partial charge in [-0.25, -0.2) is 15.5 Å². The molecule has 0 fully saturated rings. The van der Waals surface area contributed by atoms with Crippen LogP contribution in [0.25, 0.3) is 21.6 Å². The quantitative estimate of drug-likeness (QED) is 0.0314. The van der Waals surface area contributed by atoms with E-state index in [2.05, 4.69) is 77.0 Å². The first-order valence-corrected chi connectivity index (χ1v) is 20.6. The average Bonchev–Trinajstić information content (AvgIpc) is 3.40. The molecule has 0 saturated heterocycles. The molecule has 51 heavy (non-hydrogen) atoms. The van der Waals surface area contributed by atoms with E-state index in [1.807, 2.05) is 32.9 Å². The minimum atomic E-state index is -2.24. The maximum atomic E-state index is 13.1. The maximum absolute atomic E-state index is 13.1. The van der Waals surface area contributed by atoms with Crippen molar-refractivity contribution in [1.82, 2.24) is 10.00 Å². The second-order valence-electron chi connectivity index (χ2n) is 16.9. The molecule has 2 unspecified atom stereocenters. The smallest absolute Gasteiger partial charge is 0.407 e. The van der Waals surface area contributed by atoms with Gasteiger partial charge in [0.1, 0.15) is 29.6 Å². The number of nitrogens with zero attached hydrogens (tertiary/aromatic N) is 5. The highest BCUT2D eigenvalue weighted by Crippen LogP contribution is 2.38. The van der Waals surface area contributed by atoms with Crippen molar-refractivity contribution in [2.24, 2.45) is 11.0 Å². The monoisotopic (exact) mass is 730 g/mol. The summed E-state index contributed by atoms with van der Waals surface area (Å²) in [5.41, 5.74) is 8.96. The largest absolute Gasteiger partial charge is 0.486 e. The van der Waals surface area contributed by atoms with Gasteiger partial charge >= 0.3 is 12.1 Å². The molecule has 1 aliphatic heterocycles. The molecule has 284 valence electrons. The third-order valence-corrected chi connectivity index (χ3v) is 13.7. The van der Waals surface area contributed by atoms with Crippen molar-refractivity contribution in [3.63, 3.8) is 0 Å². The minimum Gasteiger partial charge on any atom is -0.486 e. The zero-order chi connectivity index (χ0) is 38.4. The number of fused-ring (bicyclic) bond motifs is 1. The molecule has 0 aliphatic carbocycles. The Bertz CT molecular complexity index is 1570. The highest BCUT2D eigenvalue weighted by atomic mass is 28.4. The number of carbonyl (C=O) groups is 2. The Morgan fingerprint density at radius 2 is 1.76 bits per heavy atom. The summed E-state index contributed by atoms with van der Waals surface area (Å²) in [7, 11) is -2.24. The summed E-state index contributed by atoms with van der Waals surface area (Å²) in [4.78, 5) is 33.8. The number of ether oxygens (including phenoxy) is 3. The summed E-state index contributed by atoms with van der Waals surface area (Å²) < 4.78 is 28.5. The molecular weight excluding hydrogens is 671 g/mol. The number of benzene rings is 1. The predicted molar refractivity (Wildman–Crippen MR) is 197 cm³/mol. The van der Waals surface area contributed by atoms with Gasteiger partial charge in [0.15, 0.2) is 14.9 Å². The molecule has 0 spiro atoms. The van der Waals surface area contributed by atoms with E-state index in [9.17, 15) is 9.59 Å². The normalized spacial score (nSPS) is 16.9. The van der Waals surface area contributed by atoms with Gasteiger partial charge in [0, 0.05) is 24.4 Å². The topological polar surface area (TPSA) is 176 Å². The van der Waals surface area contributed by atoms with Gasteiger partial charge in [-0.3, -0.25) is 4.84 Å². The zero-order valence-electron chi connectivity index (χ0n) is 32.7. The minimum absolute atomic E-state index is 0.0465. The Morgan fingerprint density at radius 1 is 1.10 bits per heavy atom. The average molecular weight is 731 g/mol. The van der Waals surface area contributed by atoms with E-state index in [-0.39, 0.29) is 17.7 Å². The number of amides is 1. The lowest BCUT2D eigenvalue weighted by Crippen LogP contribution is -2.56.